The van der Waals surface area contributed by atoms with Gasteiger partial charge in [0.15, 0.2) is 0 Å². The molecule has 0 aliphatic heterocycles. The largest absolute Gasteiger partial charge is 0.481 e. The van der Waals surface area contributed by atoms with E-state index in [1.54, 1.807) is 0 Å². The number of benzene rings is 1. The highest BCUT2D eigenvalue weighted by molar-refractivity contribution is 5.96. The number of rotatable bonds is 6. The molecule has 0 aliphatic rings. The molecule has 0 spiro atoms. The number of carbonyl (C=O) groups excluding carboxylic acids is 1. The molecule has 1 aromatic rings. The summed E-state index contributed by atoms with van der Waals surface area (Å²) in [6.07, 6.45) is 0. The van der Waals surface area contributed by atoms with Crippen molar-refractivity contribution in [1.29, 1.82) is 0 Å². The Morgan fingerprint density at radius 2 is 1.84 bits per heavy atom. The van der Waals surface area contributed by atoms with E-state index < -0.39 is 17.8 Å². The van der Waals surface area contributed by atoms with Gasteiger partial charge in [0.25, 0.3) is 0 Å². The summed E-state index contributed by atoms with van der Waals surface area (Å²) >= 11 is 0. The van der Waals surface area contributed by atoms with Gasteiger partial charge in [-0.2, -0.15) is 0 Å². The van der Waals surface area contributed by atoms with Gasteiger partial charge in [-0.15, -0.1) is 0 Å². The van der Waals surface area contributed by atoms with E-state index in [-0.39, 0.29) is 6.04 Å². The van der Waals surface area contributed by atoms with Gasteiger partial charge >= 0.3 is 5.97 Å². The number of carbonyl (C=O) groups is 2. The minimum absolute atomic E-state index is 0.217. The predicted molar refractivity (Wildman–Crippen MR) is 72.7 cm³/mol. The monoisotopic (exact) mass is 264 g/mol. The Morgan fingerprint density at radius 3 is 2.32 bits per heavy atom. The molecule has 104 valence electrons. The molecule has 5 heteroatoms. The van der Waals surface area contributed by atoms with Gasteiger partial charge < -0.3 is 15.3 Å². The van der Waals surface area contributed by atoms with Crippen molar-refractivity contribution in [2.24, 2.45) is 5.92 Å². The number of amides is 1. The third-order valence-corrected chi connectivity index (χ3v) is 2.83. The van der Waals surface area contributed by atoms with Gasteiger partial charge in [-0.05, 0) is 26.6 Å². The van der Waals surface area contributed by atoms with Gasteiger partial charge in [-0.25, -0.2) is 0 Å². The Hall–Kier alpha value is -1.88. The second-order valence-corrected chi connectivity index (χ2v) is 4.79. The third kappa shape index (κ3) is 4.71. The fourth-order valence-electron chi connectivity index (χ4n) is 1.69. The van der Waals surface area contributed by atoms with Crippen LogP contribution in [0, 0.1) is 5.92 Å². The molecule has 0 radical (unpaired) electrons. The molecular formula is C14H20N2O3. The van der Waals surface area contributed by atoms with Crippen LogP contribution >= 0.6 is 0 Å². The van der Waals surface area contributed by atoms with Crippen molar-refractivity contribution in [2.75, 3.05) is 20.6 Å². The Bertz CT molecular complexity index is 432. The van der Waals surface area contributed by atoms with E-state index in [9.17, 15) is 9.59 Å². The van der Waals surface area contributed by atoms with Gasteiger partial charge in [0.05, 0.1) is 6.04 Å². The first kappa shape index (κ1) is 15.2. The van der Waals surface area contributed by atoms with E-state index in [0.717, 1.165) is 5.56 Å². The molecule has 1 aromatic carbocycles. The predicted octanol–water partition coefficient (Wildman–Crippen LogP) is 1.13. The zero-order valence-electron chi connectivity index (χ0n) is 11.5. The normalized spacial score (nSPS) is 13.9. The molecule has 2 unspecified atom stereocenters. The van der Waals surface area contributed by atoms with E-state index in [1.807, 2.05) is 49.3 Å². The van der Waals surface area contributed by atoms with Crippen LogP contribution in [0.25, 0.3) is 0 Å². The van der Waals surface area contributed by atoms with Crippen LogP contribution in [-0.2, 0) is 9.59 Å². The Labute approximate surface area is 113 Å². The smallest absolute Gasteiger partial charge is 0.315 e. The standard InChI is InChI=1S/C14H20N2O3/c1-10(14(18)19)13(17)15-12(9-16(2)3)11-7-5-4-6-8-11/h4-8,10,12H,9H2,1-3H3,(H,15,17)(H,18,19). The fraction of sp³-hybridized carbons (Fsp3) is 0.429. The van der Waals surface area contributed by atoms with Gasteiger partial charge in [-0.1, -0.05) is 30.3 Å². The number of hydrogen-bond acceptors (Lipinski definition) is 3. The van der Waals surface area contributed by atoms with E-state index in [2.05, 4.69) is 5.32 Å². The summed E-state index contributed by atoms with van der Waals surface area (Å²) in [7, 11) is 3.81. The third-order valence-electron chi connectivity index (χ3n) is 2.83. The van der Waals surface area contributed by atoms with Crippen LogP contribution in [0.2, 0.25) is 0 Å². The summed E-state index contributed by atoms with van der Waals surface area (Å²) in [6, 6.07) is 9.30. The second-order valence-electron chi connectivity index (χ2n) is 4.79. The molecule has 0 heterocycles. The lowest BCUT2D eigenvalue weighted by Crippen LogP contribution is -2.40. The molecule has 5 nitrogen and oxygen atoms in total. The van der Waals surface area contributed by atoms with Crippen molar-refractivity contribution in [3.05, 3.63) is 35.9 Å². The first-order chi connectivity index (χ1) is 8.91. The van der Waals surface area contributed by atoms with E-state index in [1.165, 1.54) is 6.92 Å². The van der Waals surface area contributed by atoms with Gasteiger partial charge in [0, 0.05) is 6.54 Å². The number of aliphatic carboxylic acids is 1. The summed E-state index contributed by atoms with van der Waals surface area (Å²) in [5.41, 5.74) is 0.960. The maximum atomic E-state index is 11.8. The molecule has 0 aromatic heterocycles. The summed E-state index contributed by atoms with van der Waals surface area (Å²) < 4.78 is 0. The maximum Gasteiger partial charge on any atom is 0.315 e. The second kappa shape index (κ2) is 6.89. The first-order valence-corrected chi connectivity index (χ1v) is 6.14. The van der Waals surface area contributed by atoms with Crippen LogP contribution in [0.4, 0.5) is 0 Å². The van der Waals surface area contributed by atoms with E-state index >= 15 is 0 Å². The lowest BCUT2D eigenvalue weighted by Gasteiger charge is -2.23. The molecule has 0 saturated heterocycles. The van der Waals surface area contributed by atoms with E-state index in [0.29, 0.717) is 6.54 Å². The summed E-state index contributed by atoms with van der Waals surface area (Å²) in [4.78, 5) is 24.6. The molecule has 2 atom stereocenters. The van der Waals surface area contributed by atoms with Crippen molar-refractivity contribution in [1.82, 2.24) is 10.2 Å². The highest BCUT2D eigenvalue weighted by atomic mass is 16.4. The molecule has 0 saturated carbocycles. The average Bonchev–Trinajstić information content (AvgIpc) is 2.37. The number of carboxylic acids is 1. The number of nitrogens with one attached hydrogen (secondary N) is 1. The minimum atomic E-state index is -1.12. The molecule has 1 amide bonds. The van der Waals surface area contributed by atoms with Gasteiger partial charge in [0.2, 0.25) is 5.91 Å². The van der Waals surface area contributed by atoms with Crippen molar-refractivity contribution < 1.29 is 14.7 Å². The molecule has 19 heavy (non-hydrogen) atoms. The highest BCUT2D eigenvalue weighted by Crippen LogP contribution is 2.14. The van der Waals surface area contributed by atoms with E-state index in [4.69, 9.17) is 5.11 Å². The average molecular weight is 264 g/mol. The van der Waals surface area contributed by atoms with Crippen molar-refractivity contribution in [3.8, 4) is 0 Å². The summed E-state index contributed by atoms with van der Waals surface area (Å²) in [6.45, 7) is 2.00. The van der Waals surface area contributed by atoms with Crippen LogP contribution in [0.1, 0.15) is 18.5 Å². The summed E-state index contributed by atoms with van der Waals surface area (Å²) in [5.74, 6) is -2.63. The topological polar surface area (TPSA) is 69.6 Å². The van der Waals surface area contributed by atoms with Gasteiger partial charge in [-0.3, -0.25) is 9.59 Å². The summed E-state index contributed by atoms with van der Waals surface area (Å²) in [5, 5.41) is 11.6. The van der Waals surface area contributed by atoms with Crippen LogP contribution < -0.4 is 5.32 Å². The molecule has 2 N–H and O–H groups in total. The fourth-order valence-corrected chi connectivity index (χ4v) is 1.69. The zero-order chi connectivity index (χ0) is 14.4. The Kier molecular flexibility index (Phi) is 5.51. The molecular weight excluding hydrogens is 244 g/mol. The lowest BCUT2D eigenvalue weighted by atomic mass is 10.0. The first-order valence-electron chi connectivity index (χ1n) is 6.14. The van der Waals surface area contributed by atoms with Gasteiger partial charge in [0.1, 0.15) is 5.92 Å². The van der Waals surface area contributed by atoms with Crippen LogP contribution in [-0.4, -0.2) is 42.5 Å². The Balaban J connectivity index is 2.82. The zero-order valence-corrected chi connectivity index (χ0v) is 11.5. The SMILES string of the molecule is CC(C(=O)O)C(=O)NC(CN(C)C)c1ccccc1. The van der Waals surface area contributed by atoms with Crippen molar-refractivity contribution in [2.45, 2.75) is 13.0 Å². The van der Waals surface area contributed by atoms with Crippen LogP contribution in [0.5, 0.6) is 0 Å². The maximum absolute atomic E-state index is 11.8. The lowest BCUT2D eigenvalue weighted by molar-refractivity contribution is -0.146. The Morgan fingerprint density at radius 1 is 1.26 bits per heavy atom. The number of nitrogens with zero attached hydrogens (tertiary/aromatic N) is 1. The van der Waals surface area contributed by atoms with Crippen LogP contribution in [0.15, 0.2) is 30.3 Å². The molecule has 0 aliphatic carbocycles. The molecule has 0 bridgehead atoms. The van der Waals surface area contributed by atoms with Crippen LogP contribution in [0.3, 0.4) is 0 Å². The quantitative estimate of drug-likeness (QED) is 0.756. The number of likely N-dealkylation sites (N-methyl/N-ethyl adjacent to an activating group) is 1. The van der Waals surface area contributed by atoms with Crippen molar-refractivity contribution >= 4 is 11.9 Å². The highest BCUT2D eigenvalue weighted by Gasteiger charge is 2.24. The molecule has 1 rings (SSSR count). The number of hydrogen-bond donors (Lipinski definition) is 2. The minimum Gasteiger partial charge on any atom is -0.481 e. The number of carboxylic acid groups (broad SMARTS) is 1. The molecule has 0 fully saturated rings. The van der Waals surface area contributed by atoms with Crippen molar-refractivity contribution in [3.63, 3.8) is 0 Å².